The van der Waals surface area contributed by atoms with Crippen molar-refractivity contribution < 1.29 is 9.90 Å². The first-order valence-corrected chi connectivity index (χ1v) is 5.32. The van der Waals surface area contributed by atoms with Crippen molar-refractivity contribution in [3.63, 3.8) is 0 Å². The van der Waals surface area contributed by atoms with Gasteiger partial charge in [0.15, 0.2) is 0 Å². The second-order valence-corrected chi connectivity index (χ2v) is 5.26. The first-order valence-electron chi connectivity index (χ1n) is 3.65. The van der Waals surface area contributed by atoms with Crippen LogP contribution in [0.3, 0.4) is 0 Å². The normalized spacial score (nSPS) is 27.1. The Morgan fingerprint density at radius 3 is 2.92 bits per heavy atom. The average molecular weight is 247 g/mol. The van der Waals surface area contributed by atoms with E-state index in [1.165, 1.54) is 5.56 Å². The number of carbonyl (C=O) groups is 1. The third-order valence-electron chi connectivity index (χ3n) is 2.12. The van der Waals surface area contributed by atoms with Gasteiger partial charge in [-0.05, 0) is 45.3 Å². The van der Waals surface area contributed by atoms with E-state index in [0.717, 1.165) is 10.2 Å². The van der Waals surface area contributed by atoms with Crippen LogP contribution in [-0.4, -0.2) is 11.1 Å². The summed E-state index contributed by atoms with van der Waals surface area (Å²) in [5.41, 5.74) is 1.17. The van der Waals surface area contributed by atoms with E-state index in [0.29, 0.717) is 0 Å². The zero-order valence-electron chi connectivity index (χ0n) is 6.16. The summed E-state index contributed by atoms with van der Waals surface area (Å²) in [5.74, 6) is -0.529. The molecule has 2 rings (SSSR count). The molecular weight excluding hydrogens is 240 g/mol. The molecule has 4 heteroatoms. The lowest BCUT2D eigenvalue weighted by atomic mass is 10.2. The molecule has 1 heterocycles. The highest BCUT2D eigenvalue weighted by Crippen LogP contribution is 2.49. The van der Waals surface area contributed by atoms with E-state index < -0.39 is 5.97 Å². The fourth-order valence-corrected chi connectivity index (χ4v) is 2.59. The van der Waals surface area contributed by atoms with E-state index in [-0.39, 0.29) is 11.8 Å². The van der Waals surface area contributed by atoms with Gasteiger partial charge in [0.1, 0.15) is 0 Å². The molecule has 12 heavy (non-hydrogen) atoms. The van der Waals surface area contributed by atoms with Gasteiger partial charge in [-0.1, -0.05) is 0 Å². The maximum absolute atomic E-state index is 10.5. The fourth-order valence-electron chi connectivity index (χ4n) is 1.35. The zero-order chi connectivity index (χ0) is 8.72. The quantitative estimate of drug-likeness (QED) is 0.872. The summed E-state index contributed by atoms with van der Waals surface area (Å²) >= 11 is 4.97. The number of carboxylic acids is 1. The molecule has 2 atom stereocenters. The van der Waals surface area contributed by atoms with Gasteiger partial charge < -0.3 is 5.11 Å². The Labute approximate surface area is 82.3 Å². The van der Waals surface area contributed by atoms with Crippen LogP contribution in [0, 0.1) is 5.92 Å². The van der Waals surface area contributed by atoms with Gasteiger partial charge in [0.2, 0.25) is 0 Å². The topological polar surface area (TPSA) is 37.3 Å². The Kier molecular flexibility index (Phi) is 1.96. The number of hydrogen-bond donors (Lipinski definition) is 1. The smallest absolute Gasteiger partial charge is 0.307 e. The number of thiophene rings is 1. The predicted molar refractivity (Wildman–Crippen MR) is 50.5 cm³/mol. The van der Waals surface area contributed by atoms with E-state index in [1.54, 1.807) is 11.3 Å². The molecule has 1 saturated carbocycles. The molecule has 0 aromatic carbocycles. The van der Waals surface area contributed by atoms with Crippen molar-refractivity contribution in [2.24, 2.45) is 5.92 Å². The molecule has 0 aliphatic heterocycles. The van der Waals surface area contributed by atoms with Crippen LogP contribution in [0.5, 0.6) is 0 Å². The molecule has 2 nitrogen and oxygen atoms in total. The van der Waals surface area contributed by atoms with Crippen molar-refractivity contribution in [1.29, 1.82) is 0 Å². The standard InChI is InChI=1S/C8H7BrO2S/c9-7-1-4(3-12-7)5-2-6(5)8(10)11/h1,3,5-6H,2H2,(H,10,11)/t5?,6-/m1/s1. The van der Waals surface area contributed by atoms with E-state index in [9.17, 15) is 4.79 Å². The molecular formula is C8H7BrO2S. The first kappa shape index (κ1) is 8.26. The van der Waals surface area contributed by atoms with Crippen LogP contribution in [0.25, 0.3) is 0 Å². The molecule has 1 aliphatic carbocycles. The molecule has 1 aromatic heterocycles. The molecule has 1 unspecified atom stereocenters. The summed E-state index contributed by atoms with van der Waals surface area (Å²) in [6.07, 6.45) is 0.804. The highest BCUT2D eigenvalue weighted by Gasteiger charge is 2.44. The molecule has 1 aliphatic rings. The summed E-state index contributed by atoms with van der Waals surface area (Å²) in [6, 6.07) is 2.01. The summed E-state index contributed by atoms with van der Waals surface area (Å²) < 4.78 is 1.08. The largest absolute Gasteiger partial charge is 0.481 e. The van der Waals surface area contributed by atoms with Crippen LogP contribution in [0.4, 0.5) is 0 Å². The van der Waals surface area contributed by atoms with Crippen molar-refractivity contribution in [3.8, 4) is 0 Å². The monoisotopic (exact) mass is 246 g/mol. The third-order valence-corrected chi connectivity index (χ3v) is 3.65. The average Bonchev–Trinajstić information content (AvgIpc) is 2.70. The number of aliphatic carboxylic acids is 1. The van der Waals surface area contributed by atoms with Crippen LogP contribution in [0.1, 0.15) is 17.9 Å². The van der Waals surface area contributed by atoms with E-state index in [4.69, 9.17) is 5.11 Å². The molecule has 0 amide bonds. The van der Waals surface area contributed by atoms with Crippen molar-refractivity contribution in [2.45, 2.75) is 12.3 Å². The molecule has 0 saturated heterocycles. The number of carboxylic acid groups (broad SMARTS) is 1. The molecule has 64 valence electrons. The fraction of sp³-hybridized carbons (Fsp3) is 0.375. The van der Waals surface area contributed by atoms with Crippen molar-refractivity contribution in [3.05, 3.63) is 20.8 Å². The third kappa shape index (κ3) is 1.41. The van der Waals surface area contributed by atoms with Gasteiger partial charge >= 0.3 is 5.97 Å². The lowest BCUT2D eigenvalue weighted by Crippen LogP contribution is -1.98. The molecule has 0 bridgehead atoms. The Hall–Kier alpha value is -0.350. The van der Waals surface area contributed by atoms with Gasteiger partial charge in [-0.2, -0.15) is 0 Å². The number of hydrogen-bond acceptors (Lipinski definition) is 2. The minimum absolute atomic E-state index is 0.133. The van der Waals surface area contributed by atoms with Crippen LogP contribution < -0.4 is 0 Å². The first-order chi connectivity index (χ1) is 5.68. The van der Waals surface area contributed by atoms with Crippen LogP contribution in [0.2, 0.25) is 0 Å². The van der Waals surface area contributed by atoms with E-state index >= 15 is 0 Å². The van der Waals surface area contributed by atoms with Gasteiger partial charge in [-0.3, -0.25) is 4.79 Å². The van der Waals surface area contributed by atoms with Gasteiger partial charge in [0, 0.05) is 0 Å². The highest BCUT2D eigenvalue weighted by atomic mass is 79.9. The lowest BCUT2D eigenvalue weighted by Gasteiger charge is -1.89. The molecule has 1 fully saturated rings. The SMILES string of the molecule is O=C(O)[C@@H]1CC1c1csc(Br)c1. The van der Waals surface area contributed by atoms with Gasteiger partial charge in [-0.25, -0.2) is 0 Å². The van der Waals surface area contributed by atoms with Crippen molar-refractivity contribution in [2.75, 3.05) is 0 Å². The molecule has 0 radical (unpaired) electrons. The summed E-state index contributed by atoms with van der Waals surface area (Å²) in [6.45, 7) is 0. The predicted octanol–water partition coefficient (Wildman–Crippen LogP) is 2.70. The molecule has 0 spiro atoms. The Balaban J connectivity index is 2.10. The number of rotatable bonds is 2. The minimum Gasteiger partial charge on any atom is -0.481 e. The Morgan fingerprint density at radius 2 is 2.50 bits per heavy atom. The Bertz CT molecular complexity index is 321. The molecule has 1 aromatic rings. The maximum atomic E-state index is 10.5. The van der Waals surface area contributed by atoms with Crippen LogP contribution in [-0.2, 0) is 4.79 Å². The zero-order valence-corrected chi connectivity index (χ0v) is 8.56. The molecule has 1 N–H and O–H groups in total. The lowest BCUT2D eigenvalue weighted by molar-refractivity contribution is -0.138. The van der Waals surface area contributed by atoms with Gasteiger partial charge in [0.25, 0.3) is 0 Å². The summed E-state index contributed by atoms with van der Waals surface area (Å²) in [4.78, 5) is 10.5. The Morgan fingerprint density at radius 1 is 1.75 bits per heavy atom. The van der Waals surface area contributed by atoms with E-state index in [1.807, 2.05) is 11.4 Å². The minimum atomic E-state index is -0.665. The maximum Gasteiger partial charge on any atom is 0.307 e. The van der Waals surface area contributed by atoms with Gasteiger partial charge in [-0.15, -0.1) is 11.3 Å². The highest BCUT2D eigenvalue weighted by molar-refractivity contribution is 9.11. The van der Waals surface area contributed by atoms with Crippen molar-refractivity contribution >= 4 is 33.2 Å². The summed E-state index contributed by atoms with van der Waals surface area (Å²) in [7, 11) is 0. The van der Waals surface area contributed by atoms with Gasteiger partial charge in [0.05, 0.1) is 9.70 Å². The van der Waals surface area contributed by atoms with E-state index in [2.05, 4.69) is 15.9 Å². The van der Waals surface area contributed by atoms with Crippen molar-refractivity contribution in [1.82, 2.24) is 0 Å². The van der Waals surface area contributed by atoms with Crippen LogP contribution >= 0.6 is 27.3 Å². The van der Waals surface area contributed by atoms with Crippen LogP contribution in [0.15, 0.2) is 15.2 Å². The second kappa shape index (κ2) is 2.85. The second-order valence-electron chi connectivity index (χ2n) is 2.97. The summed E-state index contributed by atoms with van der Waals surface area (Å²) in [5, 5.41) is 10.7. The number of halogens is 1.